The van der Waals surface area contributed by atoms with Gasteiger partial charge in [-0.05, 0) is 0 Å². The van der Waals surface area contributed by atoms with Crippen molar-refractivity contribution in [2.75, 3.05) is 33.9 Å². The fourth-order valence-electron chi connectivity index (χ4n) is 2.27. The molecule has 2 unspecified atom stereocenters. The van der Waals surface area contributed by atoms with Crippen LogP contribution in [0.15, 0.2) is 0 Å². The van der Waals surface area contributed by atoms with Crippen LogP contribution < -0.4 is 0 Å². The summed E-state index contributed by atoms with van der Waals surface area (Å²) in [7, 11) is 2.79. The van der Waals surface area contributed by atoms with Gasteiger partial charge in [-0.1, -0.05) is 0 Å². The van der Waals surface area contributed by atoms with Crippen LogP contribution >= 0.6 is 0 Å². The second-order valence-electron chi connectivity index (χ2n) is 6.49. The van der Waals surface area contributed by atoms with Gasteiger partial charge in [-0.3, -0.25) is 4.48 Å². The average Bonchev–Trinajstić information content (AvgIpc) is 2.58. The molecule has 4 N–H and O–H groups in total. The zero-order valence-corrected chi connectivity index (χ0v) is 14.7. The molecule has 0 spiro atoms. The average molecular weight is 402 g/mol. The Balaban J connectivity index is 2.64. The second kappa shape index (κ2) is 9.16. The molecule has 1 rings (SSSR count). The predicted molar refractivity (Wildman–Crippen MR) is 81.5 cm³/mol. The molecule has 1 heterocycles. The van der Waals surface area contributed by atoms with E-state index in [1.165, 1.54) is 14.1 Å². The first-order valence-electron chi connectivity index (χ1n) is 7.84. The van der Waals surface area contributed by atoms with Crippen LogP contribution in [-0.4, -0.2) is 108 Å². The molecule has 0 aliphatic carbocycles. The van der Waals surface area contributed by atoms with E-state index in [0.717, 1.165) is 0 Å². The molecule has 1 aliphatic heterocycles. The lowest BCUT2D eigenvalue weighted by atomic mass is 9.99. The summed E-state index contributed by atoms with van der Waals surface area (Å²) >= 11 is 0. The lowest BCUT2D eigenvalue weighted by molar-refractivity contribution is -0.926. The molecule has 6 atom stereocenters. The normalized spacial score (nSPS) is 30.4. The molecule has 9 nitrogen and oxygen atoms in total. The number of aliphatic hydroxyl groups excluding tert-OH is 4. The van der Waals surface area contributed by atoms with E-state index in [0.29, 0.717) is 0 Å². The number of aliphatic hydroxyl groups is 4. The molecule has 27 heavy (non-hydrogen) atoms. The molecular weight excluding hydrogens is 379 g/mol. The Morgan fingerprint density at radius 1 is 1.26 bits per heavy atom. The van der Waals surface area contributed by atoms with E-state index in [9.17, 15) is 33.3 Å². The second-order valence-corrected chi connectivity index (χ2v) is 6.49. The maximum absolute atomic E-state index is 12.3. The number of quaternary nitrogens is 1. The van der Waals surface area contributed by atoms with E-state index >= 15 is 0 Å². The van der Waals surface area contributed by atoms with Crippen LogP contribution in [0.5, 0.6) is 0 Å². The summed E-state index contributed by atoms with van der Waals surface area (Å²) in [6, 6.07) is 0. The monoisotopic (exact) mass is 402 g/mol. The van der Waals surface area contributed by atoms with Gasteiger partial charge >= 0.3 is 12.1 Å². The Morgan fingerprint density at radius 2 is 1.85 bits per heavy atom. The highest BCUT2D eigenvalue weighted by molar-refractivity contribution is 5.75. The maximum atomic E-state index is 12.3. The molecule has 0 radical (unpaired) electrons. The third kappa shape index (κ3) is 6.01. The van der Waals surface area contributed by atoms with Crippen molar-refractivity contribution in [3.05, 3.63) is 0 Å². The first-order chi connectivity index (χ1) is 12.3. The number of rotatable bonds is 7. The van der Waals surface area contributed by atoms with Gasteiger partial charge in [0.15, 0.2) is 6.29 Å². The van der Waals surface area contributed by atoms with Gasteiger partial charge in [0.1, 0.15) is 31.0 Å². The fourth-order valence-corrected chi connectivity index (χ4v) is 2.27. The number of hydrogen-bond acceptors (Lipinski definition) is 8. The lowest BCUT2D eigenvalue weighted by Crippen LogP contribution is -2.59. The van der Waals surface area contributed by atoms with Gasteiger partial charge < -0.3 is 34.6 Å². The van der Waals surface area contributed by atoms with E-state index in [4.69, 9.17) is 21.0 Å². The van der Waals surface area contributed by atoms with E-state index in [1.807, 2.05) is 5.92 Å². The van der Waals surface area contributed by atoms with E-state index in [1.54, 1.807) is 0 Å². The summed E-state index contributed by atoms with van der Waals surface area (Å²) in [6.45, 7) is -0.925. The molecule has 12 heteroatoms. The quantitative estimate of drug-likeness (QED) is 0.166. The number of carbonyl (C=O) groups excluding carboxylic acids is 1. The number of hydrogen-bond donors (Lipinski definition) is 4. The van der Waals surface area contributed by atoms with Gasteiger partial charge in [-0.25, -0.2) is 4.79 Å². The molecule has 0 saturated carbocycles. The summed E-state index contributed by atoms with van der Waals surface area (Å²) in [6.07, 6.45) is -8.96. The van der Waals surface area contributed by atoms with Crippen molar-refractivity contribution < 1.29 is 57.1 Å². The molecule has 1 aliphatic rings. The van der Waals surface area contributed by atoms with Crippen LogP contribution in [0.2, 0.25) is 0 Å². The van der Waals surface area contributed by atoms with Crippen molar-refractivity contribution in [2.45, 2.75) is 43.1 Å². The zero-order valence-electron chi connectivity index (χ0n) is 14.7. The van der Waals surface area contributed by atoms with E-state index in [2.05, 4.69) is 4.74 Å². The molecular formula is C15H23F3NO8+. The highest BCUT2D eigenvalue weighted by Crippen LogP contribution is 2.23. The fraction of sp³-hybridized carbons (Fsp3) is 0.800. The van der Waals surface area contributed by atoms with Crippen molar-refractivity contribution in [3.63, 3.8) is 0 Å². The number of alkyl halides is 3. The molecule has 0 bridgehead atoms. The first-order valence-corrected chi connectivity index (χ1v) is 7.84. The number of nitrogens with zero attached hydrogens (tertiary/aromatic N) is 1. The van der Waals surface area contributed by atoms with Crippen LogP contribution in [0.1, 0.15) is 0 Å². The Labute approximate surface area is 153 Å². The van der Waals surface area contributed by atoms with Gasteiger partial charge in [0, 0.05) is 5.92 Å². The standard InChI is InChI=1S/C15H23F3NO8/c1-4-9(27-14(24)15(16,17)18)19(2,3)5-6-25-13-12(23)11(22)10(21)8(7-20)26-13/h1,8-13,20-23H,5-7H2,2-3H3/q+1/t8-,9?,10-,11+,12-,13?/m1/s1. The van der Waals surface area contributed by atoms with Gasteiger partial charge in [-0.2, -0.15) is 13.2 Å². The van der Waals surface area contributed by atoms with Crippen molar-refractivity contribution in [3.8, 4) is 12.3 Å². The zero-order chi connectivity index (χ0) is 21.0. The Kier molecular flexibility index (Phi) is 8.00. The Hall–Kier alpha value is -1.46. The minimum Gasteiger partial charge on any atom is -0.394 e. The van der Waals surface area contributed by atoms with Crippen LogP contribution in [0.4, 0.5) is 13.2 Å². The molecule has 156 valence electrons. The number of carbonyl (C=O) groups is 1. The number of halogens is 3. The third-order valence-corrected chi connectivity index (χ3v) is 4.03. The smallest absolute Gasteiger partial charge is 0.394 e. The topological polar surface area (TPSA) is 126 Å². The molecule has 1 saturated heterocycles. The Bertz CT molecular complexity index is 548. The van der Waals surface area contributed by atoms with E-state index < -0.39 is 60.2 Å². The number of terminal acetylenes is 1. The minimum atomic E-state index is -5.19. The predicted octanol–water partition coefficient (Wildman–Crippen LogP) is -2.06. The van der Waals surface area contributed by atoms with Crippen LogP contribution in [-0.2, 0) is 19.0 Å². The van der Waals surface area contributed by atoms with Gasteiger partial charge in [0.25, 0.3) is 6.23 Å². The van der Waals surface area contributed by atoms with Crippen LogP contribution in [0.3, 0.4) is 0 Å². The van der Waals surface area contributed by atoms with E-state index in [-0.39, 0.29) is 13.2 Å². The van der Waals surface area contributed by atoms with Gasteiger partial charge in [0.05, 0.1) is 27.3 Å². The van der Waals surface area contributed by atoms with Crippen molar-refractivity contribution >= 4 is 5.97 Å². The van der Waals surface area contributed by atoms with Crippen LogP contribution in [0.25, 0.3) is 0 Å². The van der Waals surface area contributed by atoms with Gasteiger partial charge in [-0.15, -0.1) is 6.42 Å². The highest BCUT2D eigenvalue weighted by Gasteiger charge is 2.46. The summed E-state index contributed by atoms with van der Waals surface area (Å²) < 4.78 is 51.3. The first kappa shape index (κ1) is 23.6. The number of esters is 1. The number of likely N-dealkylation sites (N-methyl/N-ethyl adjacent to an activating group) is 1. The maximum Gasteiger partial charge on any atom is 0.491 e. The van der Waals surface area contributed by atoms with Gasteiger partial charge in [0.2, 0.25) is 0 Å². The summed E-state index contributed by atoms with van der Waals surface area (Å²) in [5, 5.41) is 38.3. The molecule has 0 amide bonds. The number of ether oxygens (including phenoxy) is 3. The molecule has 0 aromatic rings. The molecule has 1 fully saturated rings. The van der Waals surface area contributed by atoms with Crippen molar-refractivity contribution in [1.29, 1.82) is 0 Å². The largest absolute Gasteiger partial charge is 0.491 e. The summed E-state index contributed by atoms with van der Waals surface area (Å²) in [4.78, 5) is 11.0. The Morgan fingerprint density at radius 3 is 2.33 bits per heavy atom. The van der Waals surface area contributed by atoms with Crippen molar-refractivity contribution in [2.24, 2.45) is 0 Å². The SMILES string of the molecule is C#CC(OC(=O)C(F)(F)F)[N+](C)(C)CCOC1O[C@H](CO)[C@@H](O)[C@H](O)[C@H]1O. The summed E-state index contributed by atoms with van der Waals surface area (Å²) in [5.74, 6) is -0.466. The minimum absolute atomic E-state index is 0.0605. The third-order valence-electron chi connectivity index (χ3n) is 4.03. The molecule has 0 aromatic heterocycles. The lowest BCUT2D eigenvalue weighted by Gasteiger charge is -2.40. The van der Waals surface area contributed by atoms with Crippen molar-refractivity contribution in [1.82, 2.24) is 0 Å². The highest BCUT2D eigenvalue weighted by atomic mass is 19.4. The summed E-state index contributed by atoms with van der Waals surface area (Å²) in [5.41, 5.74) is 0. The molecule has 0 aromatic carbocycles. The van der Waals surface area contributed by atoms with Crippen LogP contribution in [0, 0.1) is 12.3 Å².